The summed E-state index contributed by atoms with van der Waals surface area (Å²) in [5.41, 5.74) is 0. The van der Waals surface area contributed by atoms with E-state index < -0.39 is 12.1 Å². The fourth-order valence-corrected chi connectivity index (χ4v) is 1.61. The number of carbonyl (C=O) groups is 1. The van der Waals surface area contributed by atoms with Crippen LogP contribution >= 0.6 is 11.8 Å². The molecule has 0 aliphatic carbocycles. The van der Waals surface area contributed by atoms with Gasteiger partial charge in [-0.1, -0.05) is 18.2 Å². The normalized spacial score (nSPS) is 12.4. The second kappa shape index (κ2) is 4.89. The summed E-state index contributed by atoms with van der Waals surface area (Å²) in [6, 6.07) is 9.38. The van der Waals surface area contributed by atoms with Gasteiger partial charge in [0.05, 0.1) is 0 Å². The molecule has 0 amide bonds. The van der Waals surface area contributed by atoms with Crippen molar-refractivity contribution in [3.8, 4) is 0 Å². The molecule has 0 radical (unpaired) electrons. The van der Waals surface area contributed by atoms with E-state index in [1.54, 1.807) is 0 Å². The topological polar surface area (TPSA) is 57.5 Å². The van der Waals surface area contributed by atoms with Gasteiger partial charge < -0.3 is 10.2 Å². The first kappa shape index (κ1) is 10.1. The minimum Gasteiger partial charge on any atom is -0.479 e. The Kier molecular flexibility index (Phi) is 3.79. The third kappa shape index (κ3) is 3.48. The molecule has 1 atom stereocenters. The maximum atomic E-state index is 10.3. The summed E-state index contributed by atoms with van der Waals surface area (Å²) < 4.78 is 0. The second-order valence-electron chi connectivity index (χ2n) is 2.48. The Balaban J connectivity index is 2.39. The number of aliphatic hydroxyl groups excluding tert-OH is 1. The molecule has 1 unspecified atom stereocenters. The summed E-state index contributed by atoms with van der Waals surface area (Å²) in [6.45, 7) is 0. The number of benzene rings is 1. The van der Waals surface area contributed by atoms with Crippen LogP contribution in [-0.2, 0) is 4.79 Å². The summed E-state index contributed by atoms with van der Waals surface area (Å²) in [6.07, 6.45) is -1.29. The molecule has 0 aromatic heterocycles. The molecule has 13 heavy (non-hydrogen) atoms. The van der Waals surface area contributed by atoms with Gasteiger partial charge in [0.2, 0.25) is 0 Å². The first-order chi connectivity index (χ1) is 6.20. The number of rotatable bonds is 4. The van der Waals surface area contributed by atoms with E-state index in [1.165, 1.54) is 11.8 Å². The molecule has 2 N–H and O–H groups in total. The van der Waals surface area contributed by atoms with Gasteiger partial charge in [-0.05, 0) is 12.1 Å². The quantitative estimate of drug-likeness (QED) is 0.714. The standard InChI is InChI=1S/C9H10O3S/c10-8(9(11)12)6-13-7-4-2-1-3-5-7/h1-5,8,10H,6H2,(H,11,12). The highest BCUT2D eigenvalue weighted by molar-refractivity contribution is 7.99. The van der Waals surface area contributed by atoms with Crippen molar-refractivity contribution in [2.75, 3.05) is 5.75 Å². The number of hydrogen-bond acceptors (Lipinski definition) is 3. The Morgan fingerprint density at radius 3 is 2.54 bits per heavy atom. The Morgan fingerprint density at radius 2 is 2.00 bits per heavy atom. The molecule has 0 aliphatic rings. The van der Waals surface area contributed by atoms with Gasteiger partial charge in [0.25, 0.3) is 0 Å². The molecule has 0 saturated heterocycles. The second-order valence-corrected chi connectivity index (χ2v) is 3.57. The number of carboxylic acid groups (broad SMARTS) is 1. The van der Waals surface area contributed by atoms with Gasteiger partial charge in [-0.25, -0.2) is 4.79 Å². The van der Waals surface area contributed by atoms with Gasteiger partial charge >= 0.3 is 5.97 Å². The van der Waals surface area contributed by atoms with Crippen LogP contribution in [0.4, 0.5) is 0 Å². The molecule has 1 aromatic carbocycles. The SMILES string of the molecule is O=C(O)C(O)CSc1ccccc1. The zero-order chi connectivity index (χ0) is 9.68. The van der Waals surface area contributed by atoms with Crippen LogP contribution in [0.5, 0.6) is 0 Å². The Hall–Kier alpha value is -1.00. The molecule has 0 fully saturated rings. The highest BCUT2D eigenvalue weighted by atomic mass is 32.2. The zero-order valence-electron chi connectivity index (χ0n) is 6.88. The van der Waals surface area contributed by atoms with Gasteiger partial charge in [-0.15, -0.1) is 11.8 Å². The summed E-state index contributed by atoms with van der Waals surface area (Å²) in [4.78, 5) is 11.2. The lowest BCUT2D eigenvalue weighted by molar-refractivity contribution is -0.145. The van der Waals surface area contributed by atoms with Crippen LogP contribution < -0.4 is 0 Å². The van der Waals surface area contributed by atoms with E-state index in [9.17, 15) is 4.79 Å². The van der Waals surface area contributed by atoms with Crippen LogP contribution in [0.25, 0.3) is 0 Å². The summed E-state index contributed by atoms with van der Waals surface area (Å²) in [7, 11) is 0. The fourth-order valence-electron chi connectivity index (χ4n) is 0.763. The van der Waals surface area contributed by atoms with E-state index in [1.807, 2.05) is 30.3 Å². The van der Waals surface area contributed by atoms with Gasteiger partial charge in [0, 0.05) is 10.6 Å². The van der Waals surface area contributed by atoms with E-state index in [4.69, 9.17) is 10.2 Å². The first-order valence-electron chi connectivity index (χ1n) is 3.79. The van der Waals surface area contributed by atoms with Crippen molar-refractivity contribution in [3.05, 3.63) is 30.3 Å². The number of carboxylic acids is 1. The van der Waals surface area contributed by atoms with Crippen molar-refractivity contribution in [2.24, 2.45) is 0 Å². The highest BCUT2D eigenvalue weighted by Crippen LogP contribution is 2.17. The average Bonchev–Trinajstić information content (AvgIpc) is 2.15. The maximum Gasteiger partial charge on any atom is 0.333 e. The molecule has 4 heteroatoms. The van der Waals surface area contributed by atoms with Gasteiger partial charge in [-0.3, -0.25) is 0 Å². The molecule has 0 heterocycles. The summed E-state index contributed by atoms with van der Waals surface area (Å²) in [5.74, 6) is -0.997. The van der Waals surface area contributed by atoms with Crippen LogP contribution in [-0.4, -0.2) is 28.0 Å². The Morgan fingerprint density at radius 1 is 1.38 bits per heavy atom. The first-order valence-corrected chi connectivity index (χ1v) is 4.77. The highest BCUT2D eigenvalue weighted by Gasteiger charge is 2.12. The molecule has 0 aliphatic heterocycles. The lowest BCUT2D eigenvalue weighted by Crippen LogP contribution is -2.21. The molecular weight excluding hydrogens is 188 g/mol. The van der Waals surface area contributed by atoms with Gasteiger partial charge in [-0.2, -0.15) is 0 Å². The number of thioether (sulfide) groups is 1. The molecule has 0 saturated carbocycles. The lowest BCUT2D eigenvalue weighted by atomic mass is 10.4. The smallest absolute Gasteiger partial charge is 0.333 e. The van der Waals surface area contributed by atoms with Crippen LogP contribution in [0.15, 0.2) is 35.2 Å². The van der Waals surface area contributed by atoms with E-state index >= 15 is 0 Å². The van der Waals surface area contributed by atoms with Crippen molar-refractivity contribution >= 4 is 17.7 Å². The minimum atomic E-state index is -1.29. The van der Waals surface area contributed by atoms with Crippen LogP contribution in [0.3, 0.4) is 0 Å². The van der Waals surface area contributed by atoms with Crippen molar-refractivity contribution < 1.29 is 15.0 Å². The molecule has 1 aromatic rings. The third-order valence-corrected chi connectivity index (χ3v) is 2.52. The Bertz CT molecular complexity index is 273. The van der Waals surface area contributed by atoms with Crippen LogP contribution in [0.2, 0.25) is 0 Å². The maximum absolute atomic E-state index is 10.3. The third-order valence-electron chi connectivity index (χ3n) is 1.44. The van der Waals surface area contributed by atoms with E-state index in [-0.39, 0.29) is 5.75 Å². The van der Waals surface area contributed by atoms with Crippen LogP contribution in [0, 0.1) is 0 Å². The number of hydrogen-bond donors (Lipinski definition) is 2. The monoisotopic (exact) mass is 198 g/mol. The van der Waals surface area contributed by atoms with Crippen molar-refractivity contribution in [3.63, 3.8) is 0 Å². The minimum absolute atomic E-state index is 0.180. The van der Waals surface area contributed by atoms with Gasteiger partial charge in [0.1, 0.15) is 0 Å². The van der Waals surface area contributed by atoms with E-state index in [0.717, 1.165) is 4.90 Å². The molecule has 3 nitrogen and oxygen atoms in total. The Labute approximate surface area is 80.4 Å². The van der Waals surface area contributed by atoms with Gasteiger partial charge in [0.15, 0.2) is 6.10 Å². The van der Waals surface area contributed by atoms with Crippen LogP contribution in [0.1, 0.15) is 0 Å². The van der Waals surface area contributed by atoms with Crippen molar-refractivity contribution in [1.82, 2.24) is 0 Å². The molecule has 0 bridgehead atoms. The lowest BCUT2D eigenvalue weighted by Gasteiger charge is -2.04. The number of aliphatic hydroxyl groups is 1. The molecule has 0 spiro atoms. The molecular formula is C9H10O3S. The average molecular weight is 198 g/mol. The van der Waals surface area contributed by atoms with Crippen molar-refractivity contribution in [1.29, 1.82) is 0 Å². The largest absolute Gasteiger partial charge is 0.479 e. The zero-order valence-corrected chi connectivity index (χ0v) is 7.70. The molecule has 1 rings (SSSR count). The fraction of sp³-hybridized carbons (Fsp3) is 0.222. The van der Waals surface area contributed by atoms with Crippen molar-refractivity contribution in [2.45, 2.75) is 11.0 Å². The predicted octanol–water partition coefficient (Wildman–Crippen LogP) is 1.22. The van der Waals surface area contributed by atoms with E-state index in [0.29, 0.717) is 0 Å². The summed E-state index contributed by atoms with van der Waals surface area (Å²) >= 11 is 1.33. The number of aliphatic carboxylic acids is 1. The molecule has 70 valence electrons. The van der Waals surface area contributed by atoms with E-state index in [2.05, 4.69) is 0 Å². The summed E-state index contributed by atoms with van der Waals surface area (Å²) in [5, 5.41) is 17.4. The predicted molar refractivity (Wildman–Crippen MR) is 50.8 cm³/mol.